The number of rotatable bonds is 6. The second kappa shape index (κ2) is 8.87. The zero-order valence-corrected chi connectivity index (χ0v) is 16.7. The van der Waals surface area contributed by atoms with Crippen molar-refractivity contribution in [3.8, 4) is 0 Å². The highest BCUT2D eigenvalue weighted by Crippen LogP contribution is 2.27. The van der Waals surface area contributed by atoms with Crippen LogP contribution in [0.25, 0.3) is 0 Å². The minimum Gasteiger partial charge on any atom is -0.323 e. The van der Waals surface area contributed by atoms with Gasteiger partial charge in [0.05, 0.1) is 4.92 Å². The quantitative estimate of drug-likeness (QED) is 0.517. The van der Waals surface area contributed by atoms with Crippen LogP contribution in [0.15, 0.2) is 51.8 Å². The van der Waals surface area contributed by atoms with Crippen LogP contribution in [0.4, 0.5) is 10.1 Å². The third kappa shape index (κ3) is 4.98. The molecule has 0 aromatic heterocycles. The molecule has 0 heterocycles. The summed E-state index contributed by atoms with van der Waals surface area (Å²) in [5.41, 5.74) is 5.86. The standard InChI is InChI=1S/C15H15BrFN3O4S.ClH/c1-19(9-13(18)10-6-11(16)8-12(17)7-10)25(23,24)15-5-3-2-4-14(15)20(21)22;/h2-8,13H,9,18H2,1H3;1H/t13-;/m1./s1. The van der Waals surface area contributed by atoms with Crippen molar-refractivity contribution in [2.24, 2.45) is 5.73 Å². The molecule has 1 atom stereocenters. The molecule has 2 rings (SSSR count). The van der Waals surface area contributed by atoms with Gasteiger partial charge in [0.1, 0.15) is 5.82 Å². The lowest BCUT2D eigenvalue weighted by molar-refractivity contribution is -0.387. The Bertz CT molecular complexity index is 893. The summed E-state index contributed by atoms with van der Waals surface area (Å²) < 4.78 is 40.1. The highest BCUT2D eigenvalue weighted by molar-refractivity contribution is 9.10. The highest BCUT2D eigenvalue weighted by atomic mass is 79.9. The van der Waals surface area contributed by atoms with Crippen molar-refractivity contribution >= 4 is 44.0 Å². The molecule has 0 saturated heterocycles. The molecule has 0 bridgehead atoms. The summed E-state index contributed by atoms with van der Waals surface area (Å²) in [6.45, 7) is -0.176. The maximum atomic E-state index is 13.5. The van der Waals surface area contributed by atoms with Crippen LogP contribution >= 0.6 is 28.3 Å². The van der Waals surface area contributed by atoms with Crippen LogP contribution in [-0.2, 0) is 10.0 Å². The molecule has 0 fully saturated rings. The minimum atomic E-state index is -4.13. The van der Waals surface area contributed by atoms with Gasteiger partial charge in [-0.15, -0.1) is 12.4 Å². The SMILES string of the molecule is CN(C[C@@H](N)c1cc(F)cc(Br)c1)S(=O)(=O)c1ccccc1[N+](=O)[O-].Cl. The number of nitro benzene ring substituents is 1. The summed E-state index contributed by atoms with van der Waals surface area (Å²) in [5, 5.41) is 11.1. The van der Waals surface area contributed by atoms with E-state index in [9.17, 15) is 22.9 Å². The number of hydrogen-bond donors (Lipinski definition) is 1. The van der Waals surface area contributed by atoms with Crippen molar-refractivity contribution in [1.82, 2.24) is 4.31 Å². The monoisotopic (exact) mass is 467 g/mol. The molecule has 0 radical (unpaired) electrons. The fourth-order valence-corrected chi connectivity index (χ4v) is 4.10. The summed E-state index contributed by atoms with van der Waals surface area (Å²) >= 11 is 3.15. The van der Waals surface area contributed by atoms with Crippen molar-refractivity contribution < 1.29 is 17.7 Å². The van der Waals surface area contributed by atoms with Gasteiger partial charge in [-0.3, -0.25) is 10.1 Å². The van der Waals surface area contributed by atoms with Crippen molar-refractivity contribution in [1.29, 1.82) is 0 Å². The van der Waals surface area contributed by atoms with E-state index in [-0.39, 0.29) is 19.0 Å². The smallest absolute Gasteiger partial charge is 0.289 e. The Morgan fingerprint density at radius 3 is 2.50 bits per heavy atom. The van der Waals surface area contributed by atoms with E-state index in [1.165, 1.54) is 31.3 Å². The molecule has 0 amide bonds. The topological polar surface area (TPSA) is 107 Å². The van der Waals surface area contributed by atoms with Crippen molar-refractivity contribution in [2.45, 2.75) is 10.9 Å². The molecule has 0 aliphatic carbocycles. The Hall–Kier alpha value is -1.59. The number of halogens is 3. The van der Waals surface area contributed by atoms with Gasteiger partial charge in [0.25, 0.3) is 5.69 Å². The lowest BCUT2D eigenvalue weighted by atomic mass is 10.1. The Balaban J connectivity index is 0.00000338. The Morgan fingerprint density at radius 2 is 1.92 bits per heavy atom. The first-order valence-electron chi connectivity index (χ1n) is 7.04. The predicted molar refractivity (Wildman–Crippen MR) is 101 cm³/mol. The molecule has 11 heteroatoms. The maximum absolute atomic E-state index is 13.5. The molecule has 0 spiro atoms. The van der Waals surface area contributed by atoms with E-state index in [0.29, 0.717) is 10.0 Å². The average molecular weight is 469 g/mol. The lowest BCUT2D eigenvalue weighted by Gasteiger charge is -2.21. The molecule has 0 aliphatic heterocycles. The summed E-state index contributed by atoms with van der Waals surface area (Å²) in [5.74, 6) is -0.510. The molecule has 0 unspecified atom stereocenters. The van der Waals surface area contributed by atoms with E-state index in [0.717, 1.165) is 16.4 Å². The predicted octanol–water partition coefficient (Wildman–Crippen LogP) is 3.24. The molecule has 2 aromatic rings. The first kappa shape index (κ1) is 22.5. The Kier molecular flexibility index (Phi) is 7.66. The summed E-state index contributed by atoms with van der Waals surface area (Å²) in [7, 11) is -2.87. The molecule has 2 aromatic carbocycles. The van der Waals surface area contributed by atoms with Crippen molar-refractivity contribution in [3.63, 3.8) is 0 Å². The second-order valence-corrected chi connectivity index (χ2v) is 8.25. The van der Waals surface area contributed by atoms with Gasteiger partial charge >= 0.3 is 0 Å². The van der Waals surface area contributed by atoms with Crippen LogP contribution in [0.5, 0.6) is 0 Å². The zero-order valence-electron chi connectivity index (χ0n) is 13.5. The highest BCUT2D eigenvalue weighted by Gasteiger charge is 2.30. The number of nitrogens with zero attached hydrogens (tertiary/aromatic N) is 2. The number of benzene rings is 2. The first-order valence-corrected chi connectivity index (χ1v) is 9.27. The normalized spacial score (nSPS) is 12.5. The number of nitrogens with two attached hydrogens (primary N) is 1. The average Bonchev–Trinajstić information content (AvgIpc) is 2.53. The summed E-state index contributed by atoms with van der Waals surface area (Å²) in [4.78, 5) is 9.88. The number of nitro groups is 1. The van der Waals surface area contributed by atoms with E-state index in [1.54, 1.807) is 6.07 Å². The van der Waals surface area contributed by atoms with Gasteiger partial charge in [0.15, 0.2) is 4.90 Å². The van der Waals surface area contributed by atoms with Gasteiger partial charge in [-0.25, -0.2) is 12.8 Å². The van der Waals surface area contributed by atoms with Crippen molar-refractivity contribution in [2.75, 3.05) is 13.6 Å². The number of para-hydroxylation sites is 1. The van der Waals surface area contributed by atoms with E-state index < -0.39 is 37.4 Å². The van der Waals surface area contributed by atoms with Gasteiger partial charge in [-0.2, -0.15) is 4.31 Å². The largest absolute Gasteiger partial charge is 0.323 e. The van der Waals surface area contributed by atoms with Crippen LogP contribution < -0.4 is 5.73 Å². The van der Waals surface area contributed by atoms with E-state index in [1.807, 2.05) is 0 Å². The fourth-order valence-electron chi connectivity index (χ4n) is 2.26. The Labute approximate surface area is 164 Å². The molecule has 7 nitrogen and oxygen atoms in total. The van der Waals surface area contributed by atoms with Gasteiger partial charge in [0.2, 0.25) is 10.0 Å². The number of sulfonamides is 1. The molecular formula is C15H16BrClFN3O4S. The Morgan fingerprint density at radius 1 is 1.31 bits per heavy atom. The molecule has 26 heavy (non-hydrogen) atoms. The summed E-state index contributed by atoms with van der Waals surface area (Å²) in [6, 6.07) is 8.29. The van der Waals surface area contributed by atoms with E-state index in [4.69, 9.17) is 5.73 Å². The molecular weight excluding hydrogens is 453 g/mol. The maximum Gasteiger partial charge on any atom is 0.289 e. The summed E-state index contributed by atoms with van der Waals surface area (Å²) in [6.07, 6.45) is 0. The van der Waals surface area contributed by atoms with Crippen LogP contribution in [0.3, 0.4) is 0 Å². The first-order chi connectivity index (χ1) is 11.6. The van der Waals surface area contributed by atoms with Crippen LogP contribution in [0.2, 0.25) is 0 Å². The van der Waals surface area contributed by atoms with E-state index in [2.05, 4.69) is 15.9 Å². The molecule has 2 N–H and O–H groups in total. The number of likely N-dealkylation sites (N-methyl/N-ethyl adjacent to an activating group) is 1. The van der Waals surface area contributed by atoms with Crippen LogP contribution in [0.1, 0.15) is 11.6 Å². The third-order valence-electron chi connectivity index (χ3n) is 3.52. The van der Waals surface area contributed by atoms with Crippen LogP contribution in [0, 0.1) is 15.9 Å². The van der Waals surface area contributed by atoms with Crippen molar-refractivity contribution in [3.05, 3.63) is 68.4 Å². The second-order valence-electron chi connectivity index (χ2n) is 5.32. The molecule has 0 saturated carbocycles. The molecule has 0 aliphatic rings. The van der Waals surface area contributed by atoms with Crippen LogP contribution in [-0.4, -0.2) is 31.2 Å². The zero-order chi connectivity index (χ0) is 18.8. The minimum absolute atomic E-state index is 0. The van der Waals surface area contributed by atoms with E-state index >= 15 is 0 Å². The lowest BCUT2D eigenvalue weighted by Crippen LogP contribution is -2.34. The van der Waals surface area contributed by atoms with Gasteiger partial charge in [-0.05, 0) is 29.8 Å². The fraction of sp³-hybridized carbons (Fsp3) is 0.200. The molecule has 142 valence electrons. The number of hydrogen-bond acceptors (Lipinski definition) is 5. The van der Waals surface area contributed by atoms with Gasteiger partial charge in [-0.1, -0.05) is 28.1 Å². The van der Waals surface area contributed by atoms with Gasteiger partial charge < -0.3 is 5.73 Å². The third-order valence-corrected chi connectivity index (χ3v) is 5.85. The van der Waals surface area contributed by atoms with Gasteiger partial charge in [0, 0.05) is 30.2 Å².